The summed E-state index contributed by atoms with van der Waals surface area (Å²) in [6.07, 6.45) is 0.248. The van der Waals surface area contributed by atoms with Gasteiger partial charge in [0.1, 0.15) is 5.75 Å². The Hall–Kier alpha value is -2.89. The first-order valence-corrected chi connectivity index (χ1v) is 10.6. The van der Waals surface area contributed by atoms with Crippen molar-refractivity contribution < 1.29 is 14.2 Å². The van der Waals surface area contributed by atoms with Crippen molar-refractivity contribution in [3.63, 3.8) is 0 Å². The molecule has 0 unspecified atom stereocenters. The third kappa shape index (κ3) is 3.48. The Morgan fingerprint density at radius 3 is 2.48 bits per heavy atom. The van der Waals surface area contributed by atoms with Gasteiger partial charge in [0.05, 0.1) is 31.0 Å². The molecule has 0 aromatic heterocycles. The topological polar surface area (TPSA) is 43.3 Å². The number of ether oxygens (including phenoxy) is 3. The second-order valence-corrected chi connectivity index (χ2v) is 8.25. The Morgan fingerprint density at radius 1 is 0.968 bits per heavy atom. The largest absolute Gasteiger partial charge is 0.493 e. The number of fused-ring (bicyclic) bond motifs is 3. The molecule has 0 aliphatic carbocycles. The summed E-state index contributed by atoms with van der Waals surface area (Å²) in [5.74, 6) is 1.91. The monoisotopic (exact) mass is 454 g/mol. The first kappa shape index (κ1) is 20.0. The van der Waals surface area contributed by atoms with Crippen LogP contribution in [0.1, 0.15) is 35.4 Å². The number of halogens is 2. The van der Waals surface area contributed by atoms with E-state index >= 15 is 0 Å². The van der Waals surface area contributed by atoms with Gasteiger partial charge < -0.3 is 14.2 Å². The zero-order chi connectivity index (χ0) is 21.5. The van der Waals surface area contributed by atoms with Crippen molar-refractivity contribution in [2.24, 2.45) is 5.10 Å². The minimum atomic E-state index is -0.475. The molecule has 5 rings (SSSR count). The van der Waals surface area contributed by atoms with Crippen LogP contribution in [0.3, 0.4) is 0 Å². The van der Waals surface area contributed by atoms with Crippen LogP contribution in [0.15, 0.2) is 65.8 Å². The van der Waals surface area contributed by atoms with Gasteiger partial charge in [-0.2, -0.15) is 5.10 Å². The minimum Gasteiger partial charge on any atom is -0.493 e. The van der Waals surface area contributed by atoms with Gasteiger partial charge in [-0.3, -0.25) is 0 Å². The smallest absolute Gasteiger partial charge is 0.214 e. The molecular weight excluding hydrogens is 435 g/mol. The summed E-state index contributed by atoms with van der Waals surface area (Å²) < 4.78 is 17.3. The number of hydrazone groups is 1. The average molecular weight is 455 g/mol. The lowest BCUT2D eigenvalue weighted by molar-refractivity contribution is -0.0190. The molecule has 7 heteroatoms. The van der Waals surface area contributed by atoms with E-state index in [1.807, 2.05) is 47.5 Å². The van der Waals surface area contributed by atoms with Gasteiger partial charge >= 0.3 is 0 Å². The van der Waals surface area contributed by atoms with Crippen LogP contribution in [0.25, 0.3) is 0 Å². The van der Waals surface area contributed by atoms with Crippen molar-refractivity contribution in [2.75, 3.05) is 14.2 Å². The van der Waals surface area contributed by atoms with Crippen LogP contribution in [-0.2, 0) is 0 Å². The summed E-state index contributed by atoms with van der Waals surface area (Å²) in [6.45, 7) is 0. The van der Waals surface area contributed by atoms with E-state index in [-0.39, 0.29) is 6.04 Å². The van der Waals surface area contributed by atoms with Crippen LogP contribution < -0.4 is 14.2 Å². The lowest BCUT2D eigenvalue weighted by atomic mass is 9.96. The highest BCUT2D eigenvalue weighted by Crippen LogP contribution is 2.51. The second kappa shape index (κ2) is 7.98. The van der Waals surface area contributed by atoms with Crippen LogP contribution in [0.2, 0.25) is 10.0 Å². The fourth-order valence-electron chi connectivity index (χ4n) is 4.15. The molecule has 3 aromatic carbocycles. The van der Waals surface area contributed by atoms with E-state index in [4.69, 9.17) is 42.5 Å². The number of benzene rings is 3. The molecule has 2 heterocycles. The highest BCUT2D eigenvalue weighted by atomic mass is 35.5. The van der Waals surface area contributed by atoms with Gasteiger partial charge in [-0.25, -0.2) is 5.01 Å². The van der Waals surface area contributed by atoms with Crippen molar-refractivity contribution in [1.82, 2.24) is 5.01 Å². The van der Waals surface area contributed by atoms with Crippen LogP contribution >= 0.6 is 23.2 Å². The third-order valence-corrected chi connectivity index (χ3v) is 6.11. The van der Waals surface area contributed by atoms with Crippen LogP contribution in [-0.4, -0.2) is 24.9 Å². The maximum Gasteiger partial charge on any atom is 0.214 e. The number of hydrogen-bond donors (Lipinski definition) is 0. The quantitative estimate of drug-likeness (QED) is 0.466. The van der Waals surface area contributed by atoms with Crippen molar-refractivity contribution in [2.45, 2.75) is 18.7 Å². The SMILES string of the molecule is COc1ccc([C@@H]2Oc3c(Cl)cc(Cl)cc3[C@@H]3CC(c4ccccc4)=NN32)cc1OC. The maximum absolute atomic E-state index is 6.54. The van der Waals surface area contributed by atoms with E-state index in [9.17, 15) is 0 Å². The normalized spacial score (nSPS) is 19.2. The highest BCUT2D eigenvalue weighted by molar-refractivity contribution is 6.35. The van der Waals surface area contributed by atoms with E-state index in [1.54, 1.807) is 20.3 Å². The van der Waals surface area contributed by atoms with Gasteiger partial charge in [-0.05, 0) is 35.9 Å². The summed E-state index contributed by atoms with van der Waals surface area (Å²) in [6, 6.07) is 19.4. The van der Waals surface area contributed by atoms with Gasteiger partial charge in [-0.15, -0.1) is 0 Å². The first-order valence-electron chi connectivity index (χ1n) is 9.88. The van der Waals surface area contributed by atoms with Gasteiger partial charge in [-0.1, -0.05) is 53.5 Å². The first-order chi connectivity index (χ1) is 15.1. The van der Waals surface area contributed by atoms with Gasteiger partial charge in [0.15, 0.2) is 11.5 Å². The third-order valence-electron chi connectivity index (χ3n) is 5.61. The molecule has 2 aliphatic heterocycles. The summed E-state index contributed by atoms with van der Waals surface area (Å²) >= 11 is 12.9. The standard InChI is InChI=1S/C24H20Cl2N2O3/c1-29-21-9-8-15(10-22(21)30-2)24-28-20(13-19(27-28)14-6-4-3-5-7-14)17-11-16(25)12-18(26)23(17)31-24/h3-12,20,24H,13H2,1-2H3/t20-,24-/m0/s1. The van der Waals surface area contributed by atoms with Crippen molar-refractivity contribution in [3.05, 3.63) is 87.4 Å². The molecular formula is C24H20Cl2N2O3. The van der Waals surface area contributed by atoms with E-state index < -0.39 is 6.23 Å². The summed E-state index contributed by atoms with van der Waals surface area (Å²) in [5.41, 5.74) is 3.89. The molecule has 2 atom stereocenters. The van der Waals surface area contributed by atoms with Crippen LogP contribution in [0, 0.1) is 0 Å². The molecule has 0 saturated heterocycles. The lowest BCUT2D eigenvalue weighted by Gasteiger charge is -2.38. The zero-order valence-electron chi connectivity index (χ0n) is 17.0. The van der Waals surface area contributed by atoms with E-state index in [1.165, 1.54) is 0 Å². The van der Waals surface area contributed by atoms with Gasteiger partial charge in [0.2, 0.25) is 6.23 Å². The Labute approximate surface area is 190 Å². The van der Waals surface area contributed by atoms with E-state index in [0.717, 1.165) is 28.8 Å². The summed E-state index contributed by atoms with van der Waals surface area (Å²) in [7, 11) is 3.23. The molecule has 31 heavy (non-hydrogen) atoms. The van der Waals surface area contributed by atoms with Crippen molar-refractivity contribution >= 4 is 28.9 Å². The predicted molar refractivity (Wildman–Crippen MR) is 122 cm³/mol. The van der Waals surface area contributed by atoms with Gasteiger partial charge in [0.25, 0.3) is 0 Å². The molecule has 2 aliphatic rings. The minimum absolute atomic E-state index is 0.0479. The molecule has 0 amide bonds. The summed E-state index contributed by atoms with van der Waals surface area (Å²) in [4.78, 5) is 0. The molecule has 3 aromatic rings. The van der Waals surface area contributed by atoms with Crippen LogP contribution in [0.4, 0.5) is 0 Å². The second-order valence-electron chi connectivity index (χ2n) is 7.40. The molecule has 0 spiro atoms. The van der Waals surface area contributed by atoms with E-state index in [0.29, 0.717) is 27.3 Å². The molecule has 5 nitrogen and oxygen atoms in total. The summed E-state index contributed by atoms with van der Waals surface area (Å²) in [5, 5.41) is 8.01. The Bertz CT molecular complexity index is 1170. The Balaban J connectivity index is 1.63. The fraction of sp³-hybridized carbons (Fsp3) is 0.208. The molecule has 0 N–H and O–H groups in total. The Morgan fingerprint density at radius 2 is 1.74 bits per heavy atom. The van der Waals surface area contributed by atoms with E-state index in [2.05, 4.69) is 12.1 Å². The molecule has 0 radical (unpaired) electrons. The average Bonchev–Trinajstić information content (AvgIpc) is 3.25. The maximum atomic E-state index is 6.54. The zero-order valence-corrected chi connectivity index (χ0v) is 18.5. The molecule has 0 bridgehead atoms. The number of nitrogens with zero attached hydrogens (tertiary/aromatic N) is 2. The van der Waals surface area contributed by atoms with Crippen molar-refractivity contribution in [1.29, 1.82) is 0 Å². The lowest BCUT2D eigenvalue weighted by Crippen LogP contribution is -2.33. The molecule has 158 valence electrons. The van der Waals surface area contributed by atoms with Crippen LogP contribution in [0.5, 0.6) is 17.2 Å². The number of hydrogen-bond acceptors (Lipinski definition) is 5. The van der Waals surface area contributed by atoms with Gasteiger partial charge in [0, 0.05) is 22.6 Å². The highest BCUT2D eigenvalue weighted by Gasteiger charge is 2.42. The molecule has 0 saturated carbocycles. The van der Waals surface area contributed by atoms with Crippen molar-refractivity contribution in [3.8, 4) is 17.2 Å². The molecule has 0 fully saturated rings. The number of methoxy groups -OCH3 is 2. The Kier molecular flexibility index (Phi) is 5.16. The predicted octanol–water partition coefficient (Wildman–Crippen LogP) is 6.25. The fourth-order valence-corrected chi connectivity index (χ4v) is 4.70. The number of rotatable bonds is 4.